The Bertz CT molecular complexity index is 646. The molecule has 0 saturated carbocycles. The lowest BCUT2D eigenvalue weighted by molar-refractivity contribution is -0.133. The van der Waals surface area contributed by atoms with Gasteiger partial charge in [-0.25, -0.2) is 0 Å². The molecule has 114 valence electrons. The Hall–Kier alpha value is -2.61. The number of hydrogen-bond acceptors (Lipinski definition) is 3. The minimum atomic E-state index is -0.296. The maximum atomic E-state index is 12.3. The Morgan fingerprint density at radius 1 is 1.36 bits per heavy atom. The zero-order valence-corrected chi connectivity index (χ0v) is 12.8. The van der Waals surface area contributed by atoms with E-state index in [-0.39, 0.29) is 24.3 Å². The molecule has 1 aromatic rings. The number of fused-ring (bicyclic) bond motifs is 1. The molecule has 2 amide bonds. The maximum Gasteiger partial charge on any atom is 0.224 e. The zero-order chi connectivity index (χ0) is 16.1. The number of nitrogens with zero attached hydrogens (tertiary/aromatic N) is 3. The van der Waals surface area contributed by atoms with Crippen LogP contribution in [0.2, 0.25) is 0 Å². The van der Waals surface area contributed by atoms with Crippen molar-refractivity contribution in [2.45, 2.75) is 25.8 Å². The highest BCUT2D eigenvalue weighted by atomic mass is 16.2. The van der Waals surface area contributed by atoms with Crippen LogP contribution in [-0.4, -0.2) is 35.2 Å². The summed E-state index contributed by atoms with van der Waals surface area (Å²) >= 11 is 0. The second-order valence-electron chi connectivity index (χ2n) is 5.31. The smallest absolute Gasteiger partial charge is 0.224 e. The van der Waals surface area contributed by atoms with Crippen molar-refractivity contribution in [3.05, 3.63) is 41.6 Å². The van der Waals surface area contributed by atoms with Gasteiger partial charge in [-0.3, -0.25) is 9.59 Å². The van der Waals surface area contributed by atoms with Crippen LogP contribution >= 0.6 is 0 Å². The van der Waals surface area contributed by atoms with Crippen molar-refractivity contribution in [1.82, 2.24) is 9.80 Å². The highest BCUT2D eigenvalue weighted by Crippen LogP contribution is 2.33. The molecule has 0 radical (unpaired) electrons. The van der Waals surface area contributed by atoms with Gasteiger partial charge in [-0.2, -0.15) is 5.26 Å². The molecule has 2 rings (SSSR count). The quantitative estimate of drug-likeness (QED) is 0.856. The summed E-state index contributed by atoms with van der Waals surface area (Å²) < 4.78 is 0. The lowest BCUT2D eigenvalue weighted by Gasteiger charge is -2.33. The number of amides is 2. The summed E-state index contributed by atoms with van der Waals surface area (Å²) in [6, 6.07) is 9.50. The van der Waals surface area contributed by atoms with Gasteiger partial charge in [0, 0.05) is 26.7 Å². The lowest BCUT2D eigenvalue weighted by Crippen LogP contribution is -2.36. The minimum Gasteiger partial charge on any atom is -0.345 e. The zero-order valence-electron chi connectivity index (χ0n) is 12.8. The molecule has 0 spiro atoms. The van der Waals surface area contributed by atoms with Crippen molar-refractivity contribution >= 4 is 17.9 Å². The predicted molar refractivity (Wildman–Crippen MR) is 83.2 cm³/mol. The van der Waals surface area contributed by atoms with E-state index in [0.717, 1.165) is 11.1 Å². The summed E-state index contributed by atoms with van der Waals surface area (Å²) in [7, 11) is 1.68. The highest BCUT2D eigenvalue weighted by Gasteiger charge is 2.28. The molecule has 5 heteroatoms. The van der Waals surface area contributed by atoms with Gasteiger partial charge in [0.25, 0.3) is 0 Å². The molecule has 1 unspecified atom stereocenters. The lowest BCUT2D eigenvalue weighted by atomic mass is 9.93. The Balaban J connectivity index is 2.22. The fraction of sp³-hybridized carbons (Fsp3) is 0.353. The molecule has 22 heavy (non-hydrogen) atoms. The van der Waals surface area contributed by atoms with Crippen LogP contribution in [0.25, 0.3) is 6.08 Å². The van der Waals surface area contributed by atoms with E-state index < -0.39 is 0 Å². The van der Waals surface area contributed by atoms with Crippen molar-refractivity contribution < 1.29 is 9.59 Å². The van der Waals surface area contributed by atoms with Gasteiger partial charge in [0.05, 0.1) is 25.0 Å². The van der Waals surface area contributed by atoms with Crippen LogP contribution in [0.1, 0.15) is 36.9 Å². The average molecular weight is 297 g/mol. The predicted octanol–water partition coefficient (Wildman–Crippen LogP) is 2.32. The molecule has 0 bridgehead atoms. The van der Waals surface area contributed by atoms with Gasteiger partial charge in [0.2, 0.25) is 11.8 Å². The van der Waals surface area contributed by atoms with Gasteiger partial charge in [0.15, 0.2) is 0 Å². The van der Waals surface area contributed by atoms with Crippen LogP contribution < -0.4 is 0 Å². The standard InChI is InChI=1S/C17H19N3O2/c1-13(21)20-11-8-14-6-3-4-7-15(14)16(20)12-17(22)19(2)10-5-9-18/h3-4,6-8,11,16H,5,10,12H2,1-2H3. The third kappa shape index (κ3) is 3.34. The molecule has 1 aromatic carbocycles. The molecule has 1 aliphatic heterocycles. The Kier molecular flexibility index (Phi) is 4.95. The summed E-state index contributed by atoms with van der Waals surface area (Å²) in [4.78, 5) is 27.3. The molecule has 0 aliphatic carbocycles. The molecule has 1 heterocycles. The molecule has 5 nitrogen and oxygen atoms in total. The van der Waals surface area contributed by atoms with Crippen LogP contribution in [0.15, 0.2) is 30.5 Å². The molecule has 0 fully saturated rings. The topological polar surface area (TPSA) is 64.4 Å². The number of carbonyl (C=O) groups is 2. The number of hydrogen-bond donors (Lipinski definition) is 0. The van der Waals surface area contributed by atoms with Crippen LogP contribution in [-0.2, 0) is 9.59 Å². The van der Waals surface area contributed by atoms with Crippen LogP contribution in [0.3, 0.4) is 0 Å². The first-order chi connectivity index (χ1) is 10.5. The van der Waals surface area contributed by atoms with Gasteiger partial charge in [-0.15, -0.1) is 0 Å². The Labute approximate surface area is 130 Å². The maximum absolute atomic E-state index is 12.3. The fourth-order valence-corrected chi connectivity index (χ4v) is 2.58. The second kappa shape index (κ2) is 6.90. The summed E-state index contributed by atoms with van der Waals surface area (Å²) in [5, 5.41) is 8.61. The molecular formula is C17H19N3O2. The first-order valence-corrected chi connectivity index (χ1v) is 7.21. The van der Waals surface area contributed by atoms with E-state index >= 15 is 0 Å². The van der Waals surface area contributed by atoms with E-state index in [0.29, 0.717) is 13.0 Å². The molecule has 0 aromatic heterocycles. The van der Waals surface area contributed by atoms with Crippen LogP contribution in [0.4, 0.5) is 0 Å². The van der Waals surface area contributed by atoms with Crippen molar-refractivity contribution in [2.24, 2.45) is 0 Å². The third-order valence-electron chi connectivity index (χ3n) is 3.82. The Morgan fingerprint density at radius 2 is 2.09 bits per heavy atom. The van der Waals surface area contributed by atoms with Crippen LogP contribution in [0, 0.1) is 11.3 Å². The molecular weight excluding hydrogens is 278 g/mol. The first-order valence-electron chi connectivity index (χ1n) is 7.21. The number of rotatable bonds is 4. The van der Waals surface area contributed by atoms with Crippen molar-refractivity contribution in [3.8, 4) is 6.07 Å². The number of carbonyl (C=O) groups excluding carboxylic acids is 2. The van der Waals surface area contributed by atoms with E-state index in [1.165, 1.54) is 6.92 Å². The summed E-state index contributed by atoms with van der Waals surface area (Å²) in [6.45, 7) is 1.90. The summed E-state index contributed by atoms with van der Waals surface area (Å²) in [5.74, 6) is -0.167. The SMILES string of the molecule is CC(=O)N1C=Cc2ccccc2C1CC(=O)N(C)CCC#N. The van der Waals surface area contributed by atoms with Gasteiger partial charge < -0.3 is 9.80 Å². The van der Waals surface area contributed by atoms with Gasteiger partial charge in [0.1, 0.15) is 0 Å². The normalized spacial score (nSPS) is 15.9. The van der Waals surface area contributed by atoms with Crippen LogP contribution in [0.5, 0.6) is 0 Å². The van der Waals surface area contributed by atoms with E-state index in [1.807, 2.05) is 36.4 Å². The third-order valence-corrected chi connectivity index (χ3v) is 3.82. The van der Waals surface area contributed by atoms with E-state index in [4.69, 9.17) is 5.26 Å². The molecule has 1 aliphatic rings. The number of benzene rings is 1. The second-order valence-corrected chi connectivity index (χ2v) is 5.31. The largest absolute Gasteiger partial charge is 0.345 e. The minimum absolute atomic E-state index is 0.0726. The molecule has 1 atom stereocenters. The monoisotopic (exact) mass is 297 g/mol. The van der Waals surface area contributed by atoms with Crippen molar-refractivity contribution in [2.75, 3.05) is 13.6 Å². The number of nitriles is 1. The van der Waals surface area contributed by atoms with E-state index in [9.17, 15) is 9.59 Å². The first kappa shape index (κ1) is 15.8. The Morgan fingerprint density at radius 3 is 2.77 bits per heavy atom. The summed E-state index contributed by atoms with van der Waals surface area (Å²) in [6.07, 6.45) is 4.14. The summed E-state index contributed by atoms with van der Waals surface area (Å²) in [5.41, 5.74) is 2.00. The average Bonchev–Trinajstić information content (AvgIpc) is 2.52. The van der Waals surface area contributed by atoms with Gasteiger partial charge in [-0.1, -0.05) is 24.3 Å². The van der Waals surface area contributed by atoms with E-state index in [1.54, 1.807) is 23.0 Å². The van der Waals surface area contributed by atoms with Gasteiger partial charge in [-0.05, 0) is 17.2 Å². The fourth-order valence-electron chi connectivity index (χ4n) is 2.58. The highest BCUT2D eigenvalue weighted by molar-refractivity contribution is 5.81. The van der Waals surface area contributed by atoms with Crippen molar-refractivity contribution in [3.63, 3.8) is 0 Å². The molecule has 0 N–H and O–H groups in total. The van der Waals surface area contributed by atoms with E-state index in [2.05, 4.69) is 0 Å². The van der Waals surface area contributed by atoms with Crippen molar-refractivity contribution in [1.29, 1.82) is 5.26 Å². The molecule has 0 saturated heterocycles. The van der Waals surface area contributed by atoms with Gasteiger partial charge >= 0.3 is 0 Å².